The van der Waals surface area contributed by atoms with Crippen molar-refractivity contribution in [2.45, 2.75) is 19.3 Å². The molecule has 24 heavy (non-hydrogen) atoms. The molecule has 1 amide bonds. The molecule has 0 saturated carbocycles. The summed E-state index contributed by atoms with van der Waals surface area (Å²) in [7, 11) is 0. The minimum Gasteiger partial charge on any atom is -0.336 e. The van der Waals surface area contributed by atoms with E-state index < -0.39 is 0 Å². The first-order valence-electron chi connectivity index (χ1n) is 7.91. The monoisotopic (exact) mass is 323 g/mol. The van der Waals surface area contributed by atoms with Gasteiger partial charge in [0.15, 0.2) is 5.82 Å². The summed E-state index contributed by atoms with van der Waals surface area (Å²) in [5, 5.41) is 10.9. The molecule has 1 aliphatic heterocycles. The lowest BCUT2D eigenvalue weighted by molar-refractivity contribution is 0.0784. The Morgan fingerprint density at radius 3 is 2.92 bits per heavy atom. The Kier molecular flexibility index (Phi) is 3.60. The molecule has 3 heterocycles. The summed E-state index contributed by atoms with van der Waals surface area (Å²) in [5.74, 6) is 1.20. The standard InChI is InChI=1S/C17H17N5O2/c1-11-9-14(20-19-11)17(23)22-8-7-13(10-22)15-18-16(24-21-15)12-5-3-2-4-6-12/h2-6,9,13H,7-8,10H2,1H3,(H,19,20)/t13-/m0/s1. The van der Waals surface area contributed by atoms with Gasteiger partial charge in [-0.2, -0.15) is 10.1 Å². The Labute approximate surface area is 138 Å². The van der Waals surface area contributed by atoms with Crippen LogP contribution < -0.4 is 0 Å². The second-order valence-electron chi connectivity index (χ2n) is 6.00. The van der Waals surface area contributed by atoms with Gasteiger partial charge in [-0.15, -0.1) is 0 Å². The van der Waals surface area contributed by atoms with Gasteiger partial charge in [0.25, 0.3) is 11.8 Å². The number of amides is 1. The highest BCUT2D eigenvalue weighted by molar-refractivity contribution is 5.92. The molecule has 0 unspecified atom stereocenters. The third kappa shape index (κ3) is 2.68. The molecule has 7 heteroatoms. The molecule has 1 aliphatic rings. The molecule has 0 bridgehead atoms. The van der Waals surface area contributed by atoms with Crippen molar-refractivity contribution < 1.29 is 9.32 Å². The first kappa shape index (κ1) is 14.6. The molecule has 1 saturated heterocycles. The molecule has 0 radical (unpaired) electrons. The van der Waals surface area contributed by atoms with Crippen LogP contribution >= 0.6 is 0 Å². The number of aromatic amines is 1. The van der Waals surface area contributed by atoms with E-state index in [2.05, 4.69) is 20.3 Å². The number of hydrogen-bond acceptors (Lipinski definition) is 5. The molecule has 0 aliphatic carbocycles. The van der Waals surface area contributed by atoms with Crippen LogP contribution in [-0.4, -0.2) is 44.2 Å². The number of carbonyl (C=O) groups excluding carboxylic acids is 1. The summed E-state index contributed by atoms with van der Waals surface area (Å²) >= 11 is 0. The smallest absolute Gasteiger partial charge is 0.274 e. The Hall–Kier alpha value is -2.96. The van der Waals surface area contributed by atoms with E-state index in [1.165, 1.54) is 0 Å². The highest BCUT2D eigenvalue weighted by Crippen LogP contribution is 2.28. The normalized spacial score (nSPS) is 17.4. The lowest BCUT2D eigenvalue weighted by atomic mass is 10.1. The molecule has 4 rings (SSSR count). The first-order valence-corrected chi connectivity index (χ1v) is 7.91. The fraction of sp³-hybridized carbons (Fsp3) is 0.294. The minimum absolute atomic E-state index is 0.0615. The zero-order valence-electron chi connectivity index (χ0n) is 13.3. The summed E-state index contributed by atoms with van der Waals surface area (Å²) in [4.78, 5) is 18.7. The van der Waals surface area contributed by atoms with Gasteiger partial charge in [0, 0.05) is 30.3 Å². The van der Waals surface area contributed by atoms with E-state index in [9.17, 15) is 4.79 Å². The van der Waals surface area contributed by atoms with Crippen LogP contribution in [0.2, 0.25) is 0 Å². The Morgan fingerprint density at radius 1 is 1.33 bits per heavy atom. The second kappa shape index (κ2) is 5.92. The predicted octanol–water partition coefficient (Wildman–Crippen LogP) is 2.40. The third-order valence-corrected chi connectivity index (χ3v) is 4.23. The fourth-order valence-electron chi connectivity index (χ4n) is 2.94. The van der Waals surface area contributed by atoms with E-state index in [0.29, 0.717) is 30.5 Å². The molecule has 1 atom stereocenters. The van der Waals surface area contributed by atoms with Crippen LogP contribution in [0.4, 0.5) is 0 Å². The molecular formula is C17H17N5O2. The molecule has 1 N–H and O–H groups in total. The van der Waals surface area contributed by atoms with Gasteiger partial charge in [0.1, 0.15) is 5.69 Å². The first-order chi connectivity index (χ1) is 11.7. The number of aromatic nitrogens is 4. The number of likely N-dealkylation sites (tertiary alicyclic amines) is 1. The van der Waals surface area contributed by atoms with Gasteiger partial charge in [-0.05, 0) is 31.5 Å². The van der Waals surface area contributed by atoms with Crippen molar-refractivity contribution in [2.75, 3.05) is 13.1 Å². The van der Waals surface area contributed by atoms with Crippen molar-refractivity contribution in [3.8, 4) is 11.5 Å². The van der Waals surface area contributed by atoms with Crippen molar-refractivity contribution in [2.24, 2.45) is 0 Å². The number of nitrogens with zero attached hydrogens (tertiary/aromatic N) is 4. The van der Waals surface area contributed by atoms with Crippen LogP contribution in [0.25, 0.3) is 11.5 Å². The van der Waals surface area contributed by atoms with Crippen molar-refractivity contribution in [3.05, 3.63) is 53.6 Å². The highest BCUT2D eigenvalue weighted by atomic mass is 16.5. The second-order valence-corrected chi connectivity index (χ2v) is 6.00. The predicted molar refractivity (Wildman–Crippen MR) is 86.3 cm³/mol. The zero-order valence-corrected chi connectivity index (χ0v) is 13.3. The van der Waals surface area contributed by atoms with Gasteiger partial charge in [-0.1, -0.05) is 23.4 Å². The molecule has 3 aromatic rings. The number of rotatable bonds is 3. The van der Waals surface area contributed by atoms with Crippen molar-refractivity contribution >= 4 is 5.91 Å². The van der Waals surface area contributed by atoms with Gasteiger partial charge >= 0.3 is 0 Å². The lowest BCUT2D eigenvalue weighted by Gasteiger charge is -2.13. The molecule has 122 valence electrons. The van der Waals surface area contributed by atoms with Crippen molar-refractivity contribution in [1.29, 1.82) is 0 Å². The Morgan fingerprint density at radius 2 is 2.17 bits per heavy atom. The van der Waals surface area contributed by atoms with Crippen LogP contribution in [0.3, 0.4) is 0 Å². The molecule has 7 nitrogen and oxygen atoms in total. The van der Waals surface area contributed by atoms with E-state index >= 15 is 0 Å². The number of carbonyl (C=O) groups is 1. The summed E-state index contributed by atoms with van der Waals surface area (Å²) < 4.78 is 5.36. The molecule has 1 aromatic carbocycles. The number of nitrogens with one attached hydrogen (secondary N) is 1. The third-order valence-electron chi connectivity index (χ3n) is 4.23. The average Bonchev–Trinajstić information content (AvgIpc) is 3.35. The van der Waals surface area contributed by atoms with Crippen molar-refractivity contribution in [1.82, 2.24) is 25.2 Å². The highest BCUT2D eigenvalue weighted by Gasteiger charge is 2.31. The summed E-state index contributed by atoms with van der Waals surface area (Å²) in [5.41, 5.74) is 2.22. The number of benzene rings is 1. The van der Waals surface area contributed by atoms with Crippen LogP contribution in [-0.2, 0) is 0 Å². The number of hydrogen-bond donors (Lipinski definition) is 1. The lowest BCUT2D eigenvalue weighted by Crippen LogP contribution is -2.28. The number of H-pyrrole nitrogens is 1. The quantitative estimate of drug-likeness (QED) is 0.799. The maximum absolute atomic E-state index is 12.4. The largest absolute Gasteiger partial charge is 0.336 e. The van der Waals surface area contributed by atoms with Gasteiger partial charge in [-0.3, -0.25) is 9.89 Å². The fourth-order valence-corrected chi connectivity index (χ4v) is 2.94. The van der Waals surface area contributed by atoms with Crippen molar-refractivity contribution in [3.63, 3.8) is 0 Å². The molecule has 2 aromatic heterocycles. The van der Waals surface area contributed by atoms with Gasteiger partial charge in [-0.25, -0.2) is 0 Å². The van der Waals surface area contributed by atoms with Crippen LogP contribution in [0.15, 0.2) is 40.9 Å². The maximum atomic E-state index is 12.4. The average molecular weight is 323 g/mol. The van der Waals surface area contributed by atoms with Crippen LogP contribution in [0.1, 0.15) is 34.3 Å². The Balaban J connectivity index is 1.47. The molecular weight excluding hydrogens is 306 g/mol. The van der Waals surface area contributed by atoms with E-state index in [1.54, 1.807) is 11.0 Å². The number of aryl methyl sites for hydroxylation is 1. The van der Waals surface area contributed by atoms with E-state index in [-0.39, 0.29) is 11.8 Å². The molecule has 1 fully saturated rings. The van der Waals surface area contributed by atoms with Crippen LogP contribution in [0, 0.1) is 6.92 Å². The van der Waals surface area contributed by atoms with Gasteiger partial charge in [0.2, 0.25) is 0 Å². The van der Waals surface area contributed by atoms with Gasteiger partial charge in [0.05, 0.1) is 0 Å². The summed E-state index contributed by atoms with van der Waals surface area (Å²) in [6.07, 6.45) is 0.822. The zero-order chi connectivity index (χ0) is 16.5. The van der Waals surface area contributed by atoms with E-state index in [1.807, 2.05) is 37.3 Å². The maximum Gasteiger partial charge on any atom is 0.274 e. The molecule has 0 spiro atoms. The minimum atomic E-state index is -0.0615. The van der Waals surface area contributed by atoms with Gasteiger partial charge < -0.3 is 9.42 Å². The van der Waals surface area contributed by atoms with E-state index in [4.69, 9.17) is 4.52 Å². The van der Waals surface area contributed by atoms with E-state index in [0.717, 1.165) is 17.7 Å². The SMILES string of the molecule is Cc1cc(C(=O)N2CC[C@H](c3noc(-c4ccccc4)n3)C2)n[nH]1. The summed E-state index contributed by atoms with van der Waals surface area (Å²) in [6.45, 7) is 3.13. The topological polar surface area (TPSA) is 87.9 Å². The summed E-state index contributed by atoms with van der Waals surface area (Å²) in [6, 6.07) is 11.4. The Bertz CT molecular complexity index is 855. The van der Waals surface area contributed by atoms with Crippen LogP contribution in [0.5, 0.6) is 0 Å².